The molecule has 1 saturated heterocycles. The normalized spacial score (nSPS) is 24.4. The minimum absolute atomic E-state index is 0.656. The van der Waals surface area contributed by atoms with Gasteiger partial charge in [0.15, 0.2) is 0 Å². The quantitative estimate of drug-likeness (QED) is 0.837. The van der Waals surface area contributed by atoms with Gasteiger partial charge in [-0.05, 0) is 18.1 Å². The van der Waals surface area contributed by atoms with Gasteiger partial charge in [0.2, 0.25) is 0 Å². The second kappa shape index (κ2) is 4.13. The Kier molecular flexibility index (Phi) is 2.58. The molecule has 3 rings (SSSR count). The molecule has 4 heteroatoms. The molecule has 0 saturated carbocycles. The molecule has 1 aliphatic heterocycles. The largest absolute Gasteiger partial charge is 0.361 e. The Bertz CT molecular complexity index is 610. The van der Waals surface area contributed by atoms with Crippen molar-refractivity contribution in [3.63, 3.8) is 0 Å². The number of benzene rings is 1. The van der Waals surface area contributed by atoms with Gasteiger partial charge in [0.1, 0.15) is 5.54 Å². The van der Waals surface area contributed by atoms with Crippen molar-refractivity contribution in [3.05, 3.63) is 36.0 Å². The lowest BCUT2D eigenvalue weighted by Crippen LogP contribution is -2.40. The fourth-order valence-electron chi connectivity index (χ4n) is 2.64. The van der Waals surface area contributed by atoms with Crippen LogP contribution in [0.4, 0.5) is 0 Å². The lowest BCUT2D eigenvalue weighted by molar-refractivity contribution is 0.319. The highest BCUT2D eigenvalue weighted by atomic mass is 15.2. The summed E-state index contributed by atoms with van der Waals surface area (Å²) in [7, 11) is 0. The van der Waals surface area contributed by atoms with Crippen LogP contribution in [-0.2, 0) is 6.54 Å². The van der Waals surface area contributed by atoms with Crippen molar-refractivity contribution in [2.75, 3.05) is 13.1 Å². The maximum absolute atomic E-state index is 9.03. The zero-order chi connectivity index (χ0) is 12.6. The minimum atomic E-state index is -0.661. The Morgan fingerprint density at radius 3 is 3.06 bits per heavy atom. The van der Waals surface area contributed by atoms with E-state index in [0.29, 0.717) is 6.54 Å². The average molecular weight is 240 g/mol. The third-order valence-corrected chi connectivity index (χ3v) is 3.67. The SMILES string of the molecule is N#CC1(N)CCN(Cc2c[nH]c3ccccc23)C1. The summed E-state index contributed by atoms with van der Waals surface area (Å²) < 4.78 is 0. The van der Waals surface area contributed by atoms with Crippen molar-refractivity contribution in [3.8, 4) is 6.07 Å². The van der Waals surface area contributed by atoms with Crippen molar-refractivity contribution in [1.29, 1.82) is 5.26 Å². The number of para-hydroxylation sites is 1. The highest BCUT2D eigenvalue weighted by Gasteiger charge is 2.34. The van der Waals surface area contributed by atoms with Crippen molar-refractivity contribution in [2.45, 2.75) is 18.5 Å². The number of hydrogen-bond acceptors (Lipinski definition) is 3. The van der Waals surface area contributed by atoms with Gasteiger partial charge < -0.3 is 10.7 Å². The summed E-state index contributed by atoms with van der Waals surface area (Å²) in [5.41, 5.74) is 7.75. The van der Waals surface area contributed by atoms with Crippen LogP contribution in [0.3, 0.4) is 0 Å². The Hall–Kier alpha value is -1.83. The molecule has 2 aromatic rings. The lowest BCUT2D eigenvalue weighted by atomic mass is 10.0. The number of aromatic nitrogens is 1. The van der Waals surface area contributed by atoms with Crippen molar-refractivity contribution >= 4 is 10.9 Å². The maximum atomic E-state index is 9.03. The summed E-state index contributed by atoms with van der Waals surface area (Å²) in [5.74, 6) is 0. The summed E-state index contributed by atoms with van der Waals surface area (Å²) in [6.45, 7) is 2.40. The first-order chi connectivity index (χ1) is 8.70. The predicted octanol–water partition coefficient (Wildman–Crippen LogP) is 1.59. The molecule has 1 fully saturated rings. The van der Waals surface area contributed by atoms with Gasteiger partial charge in [0.05, 0.1) is 6.07 Å². The second-order valence-corrected chi connectivity index (χ2v) is 5.09. The number of aromatic amines is 1. The number of nitriles is 1. The molecule has 1 atom stereocenters. The Morgan fingerprint density at radius 2 is 2.28 bits per heavy atom. The number of fused-ring (bicyclic) bond motifs is 1. The van der Waals surface area contributed by atoms with E-state index >= 15 is 0 Å². The van der Waals surface area contributed by atoms with Gasteiger partial charge in [-0.3, -0.25) is 4.90 Å². The van der Waals surface area contributed by atoms with E-state index in [-0.39, 0.29) is 0 Å². The molecule has 0 bridgehead atoms. The van der Waals surface area contributed by atoms with Crippen LogP contribution in [-0.4, -0.2) is 28.5 Å². The fourth-order valence-corrected chi connectivity index (χ4v) is 2.64. The van der Waals surface area contributed by atoms with Crippen LogP contribution in [0, 0.1) is 11.3 Å². The first-order valence-corrected chi connectivity index (χ1v) is 6.18. The molecule has 0 radical (unpaired) electrons. The van der Waals surface area contributed by atoms with Crippen molar-refractivity contribution in [2.24, 2.45) is 5.73 Å². The van der Waals surface area contributed by atoms with Crippen LogP contribution in [0.15, 0.2) is 30.5 Å². The second-order valence-electron chi connectivity index (χ2n) is 5.09. The molecule has 0 aliphatic carbocycles. The number of H-pyrrole nitrogens is 1. The lowest BCUT2D eigenvalue weighted by Gasteiger charge is -2.17. The van der Waals surface area contributed by atoms with E-state index in [1.165, 1.54) is 10.9 Å². The summed E-state index contributed by atoms with van der Waals surface area (Å²) in [6.07, 6.45) is 2.80. The van der Waals surface area contributed by atoms with Gasteiger partial charge >= 0.3 is 0 Å². The third-order valence-electron chi connectivity index (χ3n) is 3.67. The molecular weight excluding hydrogens is 224 g/mol. The number of rotatable bonds is 2. The summed E-state index contributed by atoms with van der Waals surface area (Å²) in [6, 6.07) is 10.5. The zero-order valence-corrected chi connectivity index (χ0v) is 10.2. The molecular formula is C14H16N4. The van der Waals surface area contributed by atoms with Crippen LogP contribution >= 0.6 is 0 Å². The van der Waals surface area contributed by atoms with Crippen LogP contribution in [0.25, 0.3) is 10.9 Å². The minimum Gasteiger partial charge on any atom is -0.361 e. The number of hydrogen-bond donors (Lipinski definition) is 2. The van der Waals surface area contributed by atoms with Gasteiger partial charge in [0.25, 0.3) is 0 Å². The van der Waals surface area contributed by atoms with E-state index in [1.54, 1.807) is 0 Å². The smallest absolute Gasteiger partial charge is 0.118 e. The topological polar surface area (TPSA) is 68.8 Å². The van der Waals surface area contributed by atoms with E-state index in [2.05, 4.69) is 28.1 Å². The van der Waals surface area contributed by atoms with E-state index < -0.39 is 5.54 Å². The summed E-state index contributed by atoms with van der Waals surface area (Å²) in [4.78, 5) is 5.52. The van der Waals surface area contributed by atoms with Crippen LogP contribution < -0.4 is 5.73 Å². The van der Waals surface area contributed by atoms with Gasteiger partial charge in [0, 0.05) is 36.7 Å². The predicted molar refractivity (Wildman–Crippen MR) is 70.7 cm³/mol. The molecule has 1 unspecified atom stereocenters. The van der Waals surface area contributed by atoms with Crippen molar-refractivity contribution in [1.82, 2.24) is 9.88 Å². The van der Waals surface area contributed by atoms with E-state index in [1.807, 2.05) is 18.3 Å². The maximum Gasteiger partial charge on any atom is 0.118 e. The van der Waals surface area contributed by atoms with Gasteiger partial charge in [-0.2, -0.15) is 5.26 Å². The molecule has 4 nitrogen and oxygen atoms in total. The number of nitrogens with zero attached hydrogens (tertiary/aromatic N) is 2. The van der Waals surface area contributed by atoms with Crippen LogP contribution in [0.2, 0.25) is 0 Å². The van der Waals surface area contributed by atoms with Crippen LogP contribution in [0.5, 0.6) is 0 Å². The molecule has 0 amide bonds. The van der Waals surface area contributed by atoms with Gasteiger partial charge in [-0.1, -0.05) is 18.2 Å². The molecule has 1 aliphatic rings. The zero-order valence-electron chi connectivity index (χ0n) is 10.2. The van der Waals surface area contributed by atoms with E-state index in [9.17, 15) is 0 Å². The average Bonchev–Trinajstić information content (AvgIpc) is 2.96. The third kappa shape index (κ3) is 1.88. The molecule has 1 aromatic carbocycles. The molecule has 1 aromatic heterocycles. The standard InChI is InChI=1S/C14H16N4/c15-9-14(16)5-6-18(10-14)8-11-7-17-13-4-2-1-3-12(11)13/h1-4,7,17H,5-6,8,10,16H2. The highest BCUT2D eigenvalue weighted by Crippen LogP contribution is 2.23. The summed E-state index contributed by atoms with van der Waals surface area (Å²) in [5, 5.41) is 10.3. The Labute approximate surface area is 106 Å². The first kappa shape index (κ1) is 11.3. The Balaban J connectivity index is 1.80. The molecule has 18 heavy (non-hydrogen) atoms. The first-order valence-electron chi connectivity index (χ1n) is 6.18. The van der Waals surface area contributed by atoms with Crippen LogP contribution in [0.1, 0.15) is 12.0 Å². The molecule has 92 valence electrons. The summed E-state index contributed by atoms with van der Waals surface area (Å²) >= 11 is 0. The molecule has 0 spiro atoms. The molecule has 3 N–H and O–H groups in total. The van der Waals surface area contributed by atoms with E-state index in [0.717, 1.165) is 25.0 Å². The fraction of sp³-hybridized carbons (Fsp3) is 0.357. The van der Waals surface area contributed by atoms with Gasteiger partial charge in [-0.25, -0.2) is 0 Å². The number of nitrogens with one attached hydrogen (secondary N) is 1. The Morgan fingerprint density at radius 1 is 1.44 bits per heavy atom. The number of nitrogens with two attached hydrogens (primary N) is 1. The highest BCUT2D eigenvalue weighted by molar-refractivity contribution is 5.82. The van der Waals surface area contributed by atoms with Gasteiger partial charge in [-0.15, -0.1) is 0 Å². The van der Waals surface area contributed by atoms with Crippen molar-refractivity contribution < 1.29 is 0 Å². The monoisotopic (exact) mass is 240 g/mol. The number of likely N-dealkylation sites (tertiary alicyclic amines) is 1. The molecule has 2 heterocycles. The van der Waals surface area contributed by atoms with E-state index in [4.69, 9.17) is 11.0 Å².